The summed E-state index contributed by atoms with van der Waals surface area (Å²) in [5.74, 6) is 1.64. The van der Waals surface area contributed by atoms with Crippen LogP contribution in [0.4, 0.5) is 0 Å². The zero-order valence-electron chi connectivity index (χ0n) is 11.6. The molecule has 1 atom stereocenters. The zero-order valence-corrected chi connectivity index (χ0v) is 11.6. The van der Waals surface area contributed by atoms with E-state index in [1.807, 2.05) is 12.1 Å². The topological polar surface area (TPSA) is 43.6 Å². The molecule has 2 aromatic rings. The lowest BCUT2D eigenvalue weighted by molar-refractivity contribution is 0.171. The Kier molecular flexibility index (Phi) is 3.92. The molecule has 2 heterocycles. The van der Waals surface area contributed by atoms with Crippen LogP contribution in [-0.4, -0.2) is 19.8 Å². The summed E-state index contributed by atoms with van der Waals surface area (Å²) in [5.41, 5.74) is 2.28. The summed E-state index contributed by atoms with van der Waals surface area (Å²) in [6.45, 7) is 4.33. The second kappa shape index (κ2) is 6.01. The third-order valence-corrected chi connectivity index (χ3v) is 3.37. The van der Waals surface area contributed by atoms with E-state index in [1.54, 1.807) is 12.5 Å². The number of benzene rings is 1. The van der Waals surface area contributed by atoms with Crippen LogP contribution >= 0.6 is 0 Å². The van der Waals surface area contributed by atoms with Crippen LogP contribution in [0.5, 0.6) is 11.5 Å². The smallest absolute Gasteiger partial charge is 0.161 e. The van der Waals surface area contributed by atoms with Crippen LogP contribution < -0.4 is 14.8 Å². The molecular weight excluding hydrogens is 254 g/mol. The molecular formula is C16H19NO3. The van der Waals surface area contributed by atoms with Crippen LogP contribution in [0.1, 0.15) is 30.5 Å². The van der Waals surface area contributed by atoms with Gasteiger partial charge in [0.25, 0.3) is 0 Å². The summed E-state index contributed by atoms with van der Waals surface area (Å²) >= 11 is 0. The van der Waals surface area contributed by atoms with E-state index in [2.05, 4.69) is 24.4 Å². The van der Waals surface area contributed by atoms with E-state index < -0.39 is 0 Å². The fourth-order valence-corrected chi connectivity index (χ4v) is 2.40. The molecule has 1 unspecified atom stereocenters. The Balaban J connectivity index is 1.90. The molecule has 1 aliphatic heterocycles. The fraction of sp³-hybridized carbons (Fsp3) is 0.375. The van der Waals surface area contributed by atoms with Crippen molar-refractivity contribution in [2.24, 2.45) is 0 Å². The van der Waals surface area contributed by atoms with Gasteiger partial charge >= 0.3 is 0 Å². The lowest BCUT2D eigenvalue weighted by Gasteiger charge is -2.22. The highest BCUT2D eigenvalue weighted by Crippen LogP contribution is 2.34. The Bertz CT molecular complexity index is 551. The largest absolute Gasteiger partial charge is 0.486 e. The number of ether oxygens (including phenoxy) is 2. The third kappa shape index (κ3) is 2.65. The number of hydrogen-bond donors (Lipinski definition) is 1. The molecule has 1 aromatic heterocycles. The summed E-state index contributed by atoms with van der Waals surface area (Å²) < 4.78 is 16.4. The molecule has 0 spiro atoms. The Morgan fingerprint density at radius 1 is 1.10 bits per heavy atom. The zero-order chi connectivity index (χ0) is 13.8. The summed E-state index contributed by atoms with van der Waals surface area (Å²) in [5, 5.41) is 3.54. The number of fused-ring (bicyclic) bond motifs is 1. The van der Waals surface area contributed by atoms with Gasteiger partial charge in [0.05, 0.1) is 18.6 Å². The Hall–Kier alpha value is -1.94. The fourth-order valence-electron chi connectivity index (χ4n) is 2.40. The van der Waals surface area contributed by atoms with Crippen LogP contribution in [0.3, 0.4) is 0 Å². The van der Waals surface area contributed by atoms with Gasteiger partial charge in [-0.05, 0) is 36.7 Å². The molecule has 0 amide bonds. The molecule has 4 heteroatoms. The number of hydrogen-bond acceptors (Lipinski definition) is 4. The van der Waals surface area contributed by atoms with Gasteiger partial charge in [0.2, 0.25) is 0 Å². The van der Waals surface area contributed by atoms with Gasteiger partial charge in [-0.1, -0.05) is 13.0 Å². The minimum Gasteiger partial charge on any atom is -0.486 e. The highest BCUT2D eigenvalue weighted by molar-refractivity contribution is 5.46. The molecule has 0 bridgehead atoms. The molecule has 0 saturated heterocycles. The van der Waals surface area contributed by atoms with Crippen molar-refractivity contribution >= 4 is 0 Å². The first-order valence-corrected chi connectivity index (χ1v) is 7.03. The average Bonchev–Trinajstić information content (AvgIpc) is 3.02. The van der Waals surface area contributed by atoms with Gasteiger partial charge in [-0.15, -0.1) is 0 Å². The van der Waals surface area contributed by atoms with Crippen LogP contribution in [0, 0.1) is 0 Å². The summed E-state index contributed by atoms with van der Waals surface area (Å²) in [4.78, 5) is 0. The molecule has 0 radical (unpaired) electrons. The van der Waals surface area contributed by atoms with Gasteiger partial charge in [0.1, 0.15) is 13.2 Å². The van der Waals surface area contributed by atoms with E-state index in [1.165, 1.54) is 0 Å². The maximum atomic E-state index is 5.66. The monoisotopic (exact) mass is 273 g/mol. The number of furan rings is 1. The highest BCUT2D eigenvalue weighted by Gasteiger charge is 2.18. The van der Waals surface area contributed by atoms with Gasteiger partial charge in [0, 0.05) is 5.56 Å². The Labute approximate surface area is 118 Å². The van der Waals surface area contributed by atoms with Gasteiger partial charge in [-0.3, -0.25) is 0 Å². The Morgan fingerprint density at radius 2 is 1.95 bits per heavy atom. The van der Waals surface area contributed by atoms with Gasteiger partial charge in [0.15, 0.2) is 11.5 Å². The average molecular weight is 273 g/mol. The molecule has 106 valence electrons. The highest BCUT2D eigenvalue weighted by atomic mass is 16.6. The van der Waals surface area contributed by atoms with Crippen molar-refractivity contribution in [3.05, 3.63) is 47.9 Å². The minimum absolute atomic E-state index is 0.115. The van der Waals surface area contributed by atoms with Crippen molar-refractivity contribution in [2.75, 3.05) is 19.8 Å². The lowest BCUT2D eigenvalue weighted by Crippen LogP contribution is -2.23. The number of rotatable bonds is 5. The second-order valence-electron chi connectivity index (χ2n) is 4.85. The maximum absolute atomic E-state index is 5.66. The summed E-state index contributed by atoms with van der Waals surface area (Å²) in [6.07, 6.45) is 4.57. The molecule has 4 nitrogen and oxygen atoms in total. The quantitative estimate of drug-likeness (QED) is 0.909. The first-order chi connectivity index (χ1) is 9.88. The molecule has 20 heavy (non-hydrogen) atoms. The Morgan fingerprint density at radius 3 is 2.70 bits per heavy atom. The predicted molar refractivity (Wildman–Crippen MR) is 76.3 cm³/mol. The lowest BCUT2D eigenvalue weighted by atomic mass is 10.0. The van der Waals surface area contributed by atoms with Crippen LogP contribution in [0.15, 0.2) is 41.2 Å². The van der Waals surface area contributed by atoms with Gasteiger partial charge in [-0.2, -0.15) is 0 Å². The molecule has 1 aromatic carbocycles. The summed E-state index contributed by atoms with van der Waals surface area (Å²) in [6, 6.07) is 8.21. The number of nitrogens with one attached hydrogen (secondary N) is 1. The standard InChI is InChI=1S/C16H19NO3/c1-2-6-17-16(13-5-7-18-11-13)12-3-4-14-15(10-12)20-9-8-19-14/h3-5,7,10-11,16-17H,2,6,8-9H2,1H3. The first-order valence-electron chi connectivity index (χ1n) is 7.03. The van der Waals surface area contributed by atoms with E-state index in [0.29, 0.717) is 13.2 Å². The van der Waals surface area contributed by atoms with Crippen LogP contribution in [0.2, 0.25) is 0 Å². The van der Waals surface area contributed by atoms with Crippen molar-refractivity contribution in [1.29, 1.82) is 0 Å². The van der Waals surface area contributed by atoms with E-state index in [0.717, 1.165) is 35.6 Å². The van der Waals surface area contributed by atoms with E-state index >= 15 is 0 Å². The van der Waals surface area contributed by atoms with E-state index in [4.69, 9.17) is 13.9 Å². The van der Waals surface area contributed by atoms with Crippen LogP contribution in [0.25, 0.3) is 0 Å². The molecule has 1 aliphatic rings. The van der Waals surface area contributed by atoms with Crippen molar-refractivity contribution in [2.45, 2.75) is 19.4 Å². The third-order valence-electron chi connectivity index (χ3n) is 3.37. The van der Waals surface area contributed by atoms with E-state index in [-0.39, 0.29) is 6.04 Å². The SMILES string of the molecule is CCCNC(c1ccoc1)c1ccc2c(c1)OCCO2. The normalized spacial score (nSPS) is 15.1. The first kappa shape index (κ1) is 13.1. The van der Waals surface area contributed by atoms with Gasteiger partial charge < -0.3 is 19.2 Å². The van der Waals surface area contributed by atoms with Crippen LogP contribution in [-0.2, 0) is 0 Å². The molecule has 0 saturated carbocycles. The molecule has 0 fully saturated rings. The maximum Gasteiger partial charge on any atom is 0.161 e. The minimum atomic E-state index is 0.115. The molecule has 0 aliphatic carbocycles. The summed E-state index contributed by atoms with van der Waals surface area (Å²) in [7, 11) is 0. The molecule has 1 N–H and O–H groups in total. The van der Waals surface area contributed by atoms with Crippen molar-refractivity contribution in [3.63, 3.8) is 0 Å². The van der Waals surface area contributed by atoms with Crippen molar-refractivity contribution in [1.82, 2.24) is 5.32 Å². The van der Waals surface area contributed by atoms with Crippen molar-refractivity contribution < 1.29 is 13.9 Å². The molecule has 3 rings (SSSR count). The van der Waals surface area contributed by atoms with Gasteiger partial charge in [-0.25, -0.2) is 0 Å². The predicted octanol–water partition coefficient (Wildman–Crippen LogP) is 3.14. The van der Waals surface area contributed by atoms with Crippen molar-refractivity contribution in [3.8, 4) is 11.5 Å². The van der Waals surface area contributed by atoms with E-state index in [9.17, 15) is 0 Å². The second-order valence-corrected chi connectivity index (χ2v) is 4.85.